The topological polar surface area (TPSA) is 24.9 Å². The van der Waals surface area contributed by atoms with Crippen LogP contribution in [-0.4, -0.2) is 23.3 Å². The third-order valence-electron chi connectivity index (χ3n) is 1.73. The van der Waals surface area contributed by atoms with Crippen molar-refractivity contribution in [2.75, 3.05) is 12.3 Å². The smallest absolute Gasteiger partial charge is 0.0961 e. The summed E-state index contributed by atoms with van der Waals surface area (Å²) in [6.07, 6.45) is 1.68. The highest BCUT2D eigenvalue weighted by molar-refractivity contribution is 7.99. The second-order valence-corrected chi connectivity index (χ2v) is 4.56. The van der Waals surface area contributed by atoms with E-state index in [4.69, 9.17) is 11.6 Å². The predicted octanol–water partition coefficient (Wildman–Crippen LogP) is 2.83. The van der Waals surface area contributed by atoms with Crippen molar-refractivity contribution >= 4 is 23.4 Å². The number of aromatic nitrogens is 1. The maximum atomic E-state index is 5.74. The lowest BCUT2D eigenvalue weighted by atomic mass is 10.4. The number of rotatable bonds is 5. The van der Waals surface area contributed by atoms with Crippen LogP contribution >= 0.6 is 23.4 Å². The van der Waals surface area contributed by atoms with Gasteiger partial charge in [0.15, 0.2) is 0 Å². The van der Waals surface area contributed by atoms with Gasteiger partial charge in [0, 0.05) is 18.0 Å². The van der Waals surface area contributed by atoms with Gasteiger partial charge in [-0.3, -0.25) is 0 Å². The first-order chi connectivity index (χ1) is 6.72. The maximum Gasteiger partial charge on any atom is 0.0961 e. The quantitative estimate of drug-likeness (QED) is 0.788. The molecule has 0 spiro atoms. The van der Waals surface area contributed by atoms with Gasteiger partial charge in [-0.15, -0.1) is 11.8 Å². The van der Waals surface area contributed by atoms with Crippen LogP contribution < -0.4 is 5.32 Å². The average Bonchev–Trinajstić information content (AvgIpc) is 2.17. The molecule has 0 fully saturated rings. The molecule has 0 amide bonds. The average molecular weight is 231 g/mol. The molecule has 0 aliphatic carbocycles. The minimum Gasteiger partial charge on any atom is -0.314 e. The van der Waals surface area contributed by atoms with Crippen LogP contribution in [0.5, 0.6) is 0 Å². The van der Waals surface area contributed by atoms with Crippen LogP contribution in [0, 0.1) is 0 Å². The summed E-state index contributed by atoms with van der Waals surface area (Å²) >= 11 is 7.48. The first kappa shape index (κ1) is 11.8. The molecule has 1 rings (SSSR count). The van der Waals surface area contributed by atoms with Gasteiger partial charge >= 0.3 is 0 Å². The number of pyridine rings is 1. The van der Waals surface area contributed by atoms with Crippen LogP contribution in [0.2, 0.25) is 5.02 Å². The highest BCUT2D eigenvalue weighted by Gasteiger charge is 2.01. The van der Waals surface area contributed by atoms with Crippen LogP contribution in [0.25, 0.3) is 0 Å². The Kier molecular flexibility index (Phi) is 5.30. The normalized spacial score (nSPS) is 12.8. The maximum absolute atomic E-state index is 5.74. The van der Waals surface area contributed by atoms with Crippen molar-refractivity contribution < 1.29 is 0 Å². The Morgan fingerprint density at radius 1 is 1.57 bits per heavy atom. The van der Waals surface area contributed by atoms with E-state index < -0.39 is 0 Å². The summed E-state index contributed by atoms with van der Waals surface area (Å²) < 4.78 is 0. The molecule has 1 unspecified atom stereocenters. The molecular formula is C10H15ClN2S. The molecule has 0 aromatic carbocycles. The Balaban J connectivity index is 2.34. The fourth-order valence-electron chi connectivity index (χ4n) is 1.07. The highest BCUT2D eigenvalue weighted by atomic mass is 35.5. The van der Waals surface area contributed by atoms with Gasteiger partial charge in [0.25, 0.3) is 0 Å². The Hall–Kier alpha value is -0.250. The Bertz CT molecular complexity index is 263. The van der Waals surface area contributed by atoms with Crippen molar-refractivity contribution in [2.24, 2.45) is 0 Å². The molecule has 0 aliphatic rings. The zero-order chi connectivity index (χ0) is 10.4. The molecule has 78 valence electrons. The number of nitrogens with one attached hydrogen (secondary N) is 1. The summed E-state index contributed by atoms with van der Waals surface area (Å²) in [5.41, 5.74) is 0. The largest absolute Gasteiger partial charge is 0.314 e. The lowest BCUT2D eigenvalue weighted by molar-refractivity contribution is 0.620. The van der Waals surface area contributed by atoms with Crippen molar-refractivity contribution in [3.8, 4) is 0 Å². The monoisotopic (exact) mass is 230 g/mol. The number of nitrogens with zero attached hydrogens (tertiary/aromatic N) is 1. The van der Waals surface area contributed by atoms with Gasteiger partial charge in [-0.25, -0.2) is 4.98 Å². The summed E-state index contributed by atoms with van der Waals surface area (Å²) in [6, 6.07) is 4.34. The van der Waals surface area contributed by atoms with E-state index in [9.17, 15) is 0 Å². The summed E-state index contributed by atoms with van der Waals surface area (Å²) in [6.45, 7) is 5.30. The summed E-state index contributed by atoms with van der Waals surface area (Å²) in [7, 11) is 0. The zero-order valence-corrected chi connectivity index (χ0v) is 10.0. The molecule has 4 heteroatoms. The SMILES string of the molecule is CCNC(C)CSc1ccc(Cl)cn1. The van der Waals surface area contributed by atoms with Crippen LogP contribution in [-0.2, 0) is 0 Å². The third kappa shape index (κ3) is 4.31. The van der Waals surface area contributed by atoms with Crippen molar-refractivity contribution in [3.05, 3.63) is 23.4 Å². The van der Waals surface area contributed by atoms with E-state index in [1.165, 1.54) is 0 Å². The molecule has 0 aliphatic heterocycles. The third-order valence-corrected chi connectivity index (χ3v) is 3.16. The van der Waals surface area contributed by atoms with Crippen molar-refractivity contribution in [3.63, 3.8) is 0 Å². The first-order valence-corrected chi connectivity index (χ1v) is 6.06. The fraction of sp³-hybridized carbons (Fsp3) is 0.500. The van der Waals surface area contributed by atoms with Gasteiger partial charge < -0.3 is 5.32 Å². The lowest BCUT2D eigenvalue weighted by Crippen LogP contribution is -2.27. The van der Waals surface area contributed by atoms with Crippen LogP contribution in [0.1, 0.15) is 13.8 Å². The van der Waals surface area contributed by atoms with Crippen LogP contribution in [0.3, 0.4) is 0 Å². The zero-order valence-electron chi connectivity index (χ0n) is 8.46. The minimum atomic E-state index is 0.516. The van der Waals surface area contributed by atoms with E-state index in [-0.39, 0.29) is 0 Å². The van der Waals surface area contributed by atoms with E-state index in [2.05, 4.69) is 24.1 Å². The highest BCUT2D eigenvalue weighted by Crippen LogP contribution is 2.17. The van der Waals surface area contributed by atoms with Gasteiger partial charge in [0.2, 0.25) is 0 Å². The van der Waals surface area contributed by atoms with Crippen LogP contribution in [0.15, 0.2) is 23.4 Å². The van der Waals surface area contributed by atoms with Crippen molar-refractivity contribution in [1.29, 1.82) is 0 Å². The van der Waals surface area contributed by atoms with E-state index in [0.29, 0.717) is 11.1 Å². The number of thioether (sulfide) groups is 1. The standard InChI is InChI=1S/C10H15ClN2S/c1-3-12-8(2)7-14-10-5-4-9(11)6-13-10/h4-6,8,12H,3,7H2,1-2H3. The van der Waals surface area contributed by atoms with E-state index in [0.717, 1.165) is 17.3 Å². The van der Waals surface area contributed by atoms with E-state index in [1.807, 2.05) is 12.1 Å². The predicted molar refractivity (Wildman–Crippen MR) is 63.1 cm³/mol. The van der Waals surface area contributed by atoms with E-state index >= 15 is 0 Å². The molecule has 2 nitrogen and oxygen atoms in total. The molecule has 1 heterocycles. The molecule has 1 aromatic heterocycles. The molecule has 1 N–H and O–H groups in total. The summed E-state index contributed by atoms with van der Waals surface area (Å²) in [5, 5.41) is 5.07. The molecule has 0 saturated carbocycles. The van der Waals surface area contributed by atoms with E-state index in [1.54, 1.807) is 18.0 Å². The summed E-state index contributed by atoms with van der Waals surface area (Å²) in [4.78, 5) is 4.21. The second kappa shape index (κ2) is 6.27. The second-order valence-electron chi connectivity index (χ2n) is 3.08. The molecule has 14 heavy (non-hydrogen) atoms. The van der Waals surface area contributed by atoms with Gasteiger partial charge in [-0.1, -0.05) is 18.5 Å². The number of hydrogen-bond donors (Lipinski definition) is 1. The Labute approximate surface area is 94.5 Å². The molecule has 0 saturated heterocycles. The van der Waals surface area contributed by atoms with Gasteiger partial charge in [-0.2, -0.15) is 0 Å². The first-order valence-electron chi connectivity index (χ1n) is 4.70. The van der Waals surface area contributed by atoms with Crippen LogP contribution in [0.4, 0.5) is 0 Å². The fourth-order valence-corrected chi connectivity index (χ4v) is 2.01. The van der Waals surface area contributed by atoms with Gasteiger partial charge in [-0.05, 0) is 25.6 Å². The lowest BCUT2D eigenvalue weighted by Gasteiger charge is -2.10. The molecule has 1 atom stereocenters. The minimum absolute atomic E-state index is 0.516. The number of hydrogen-bond acceptors (Lipinski definition) is 3. The molecule has 0 bridgehead atoms. The molecule has 1 aromatic rings. The van der Waals surface area contributed by atoms with Crippen molar-refractivity contribution in [2.45, 2.75) is 24.9 Å². The Morgan fingerprint density at radius 2 is 2.36 bits per heavy atom. The molecular weight excluding hydrogens is 216 g/mol. The summed E-state index contributed by atoms with van der Waals surface area (Å²) in [5.74, 6) is 1.03. The van der Waals surface area contributed by atoms with Crippen molar-refractivity contribution in [1.82, 2.24) is 10.3 Å². The Morgan fingerprint density at radius 3 is 2.93 bits per heavy atom. The van der Waals surface area contributed by atoms with Gasteiger partial charge in [0.05, 0.1) is 10.0 Å². The number of halogens is 1. The molecule has 0 radical (unpaired) electrons. The van der Waals surface area contributed by atoms with Gasteiger partial charge in [0.1, 0.15) is 0 Å².